The summed E-state index contributed by atoms with van der Waals surface area (Å²) in [5.41, 5.74) is 3.87. The summed E-state index contributed by atoms with van der Waals surface area (Å²) in [6.07, 6.45) is 0. The van der Waals surface area contributed by atoms with Crippen LogP contribution in [0.2, 0.25) is 5.02 Å². The van der Waals surface area contributed by atoms with Crippen molar-refractivity contribution in [2.24, 2.45) is 0 Å². The topological polar surface area (TPSA) is 50.4 Å². The lowest BCUT2D eigenvalue weighted by Gasteiger charge is -2.10. The molecule has 0 saturated carbocycles. The number of nitrogens with one attached hydrogen (secondary N) is 2. The normalized spacial score (nSPS) is 10.3. The van der Waals surface area contributed by atoms with Gasteiger partial charge in [0, 0.05) is 16.4 Å². The molecule has 0 aliphatic rings. The molecule has 0 saturated heterocycles. The number of carbonyl (C=O) groups is 1. The smallest absolute Gasteiger partial charge is 0.243 e. The molecule has 0 unspecified atom stereocenters. The van der Waals surface area contributed by atoms with Crippen molar-refractivity contribution in [3.05, 3.63) is 88.9 Å². The minimum absolute atomic E-state index is 0.106. The first-order valence-corrected chi connectivity index (χ1v) is 9.04. The van der Waals surface area contributed by atoms with Gasteiger partial charge < -0.3 is 15.4 Å². The van der Waals surface area contributed by atoms with E-state index in [9.17, 15) is 4.79 Å². The van der Waals surface area contributed by atoms with Crippen LogP contribution in [0.3, 0.4) is 0 Å². The fourth-order valence-corrected chi connectivity index (χ4v) is 2.57. The Kier molecular flexibility index (Phi) is 6.34. The zero-order chi connectivity index (χ0) is 19.1. The van der Waals surface area contributed by atoms with E-state index in [0.717, 1.165) is 22.7 Å². The van der Waals surface area contributed by atoms with E-state index in [-0.39, 0.29) is 12.5 Å². The summed E-state index contributed by atoms with van der Waals surface area (Å²) in [7, 11) is 0. The van der Waals surface area contributed by atoms with E-state index >= 15 is 0 Å². The molecule has 4 nitrogen and oxygen atoms in total. The maximum absolute atomic E-state index is 12.1. The van der Waals surface area contributed by atoms with Crippen LogP contribution in [0.25, 0.3) is 0 Å². The third kappa shape index (κ3) is 6.04. The Morgan fingerprint density at radius 1 is 0.889 bits per heavy atom. The fourth-order valence-electron chi connectivity index (χ4n) is 2.44. The van der Waals surface area contributed by atoms with Crippen LogP contribution in [0.1, 0.15) is 11.1 Å². The highest BCUT2D eigenvalue weighted by Gasteiger charge is 2.03. The molecule has 27 heavy (non-hydrogen) atoms. The first kappa shape index (κ1) is 18.8. The molecule has 138 valence electrons. The van der Waals surface area contributed by atoms with Crippen LogP contribution >= 0.6 is 11.6 Å². The highest BCUT2D eigenvalue weighted by molar-refractivity contribution is 6.30. The molecule has 0 aromatic heterocycles. The molecule has 2 N–H and O–H groups in total. The van der Waals surface area contributed by atoms with Crippen molar-refractivity contribution in [1.29, 1.82) is 0 Å². The van der Waals surface area contributed by atoms with Crippen LogP contribution < -0.4 is 15.4 Å². The summed E-state index contributed by atoms with van der Waals surface area (Å²) >= 11 is 5.87. The summed E-state index contributed by atoms with van der Waals surface area (Å²) in [4.78, 5) is 12.1. The predicted octanol–water partition coefficient (Wildman–Crippen LogP) is 5.28. The van der Waals surface area contributed by atoms with Gasteiger partial charge in [0.2, 0.25) is 5.91 Å². The van der Waals surface area contributed by atoms with Gasteiger partial charge in [0.15, 0.2) is 0 Å². The van der Waals surface area contributed by atoms with E-state index in [1.54, 1.807) is 0 Å². The van der Waals surface area contributed by atoms with Crippen LogP contribution in [-0.4, -0.2) is 12.5 Å². The molecule has 5 heteroatoms. The van der Waals surface area contributed by atoms with Crippen LogP contribution in [0.5, 0.6) is 5.75 Å². The van der Waals surface area contributed by atoms with Gasteiger partial charge in [0.1, 0.15) is 12.4 Å². The maximum Gasteiger partial charge on any atom is 0.243 e. The standard InChI is InChI=1S/C22H21ClN2O2/c1-16-2-8-19(9-3-16)24-14-22(26)25-20-10-12-21(13-11-20)27-15-17-4-6-18(23)7-5-17/h2-13,24H,14-15H2,1H3,(H,25,26). The minimum atomic E-state index is -0.106. The molecule has 0 fully saturated rings. The number of ether oxygens (including phenoxy) is 1. The number of hydrogen-bond donors (Lipinski definition) is 2. The zero-order valence-corrected chi connectivity index (χ0v) is 15.8. The lowest BCUT2D eigenvalue weighted by molar-refractivity contribution is -0.114. The Hall–Kier alpha value is -2.98. The van der Waals surface area contributed by atoms with E-state index in [1.165, 1.54) is 5.56 Å². The number of carbonyl (C=O) groups excluding carboxylic acids is 1. The van der Waals surface area contributed by atoms with Crippen molar-refractivity contribution in [2.45, 2.75) is 13.5 Å². The highest BCUT2D eigenvalue weighted by Crippen LogP contribution is 2.18. The molecule has 0 aliphatic carbocycles. The summed E-state index contributed by atoms with van der Waals surface area (Å²) in [5.74, 6) is 0.631. The zero-order valence-electron chi connectivity index (χ0n) is 15.0. The highest BCUT2D eigenvalue weighted by atomic mass is 35.5. The average Bonchev–Trinajstić information content (AvgIpc) is 2.68. The fraction of sp³-hybridized carbons (Fsp3) is 0.136. The van der Waals surface area contributed by atoms with Gasteiger partial charge in [-0.05, 0) is 61.0 Å². The summed E-state index contributed by atoms with van der Waals surface area (Å²) in [6, 6.07) is 22.7. The van der Waals surface area contributed by atoms with Gasteiger partial charge in [-0.3, -0.25) is 4.79 Å². The first-order chi connectivity index (χ1) is 13.1. The Balaban J connectivity index is 1.45. The number of halogens is 1. The molecular weight excluding hydrogens is 360 g/mol. The molecule has 3 rings (SSSR count). The van der Waals surface area contributed by atoms with Crippen molar-refractivity contribution in [3.63, 3.8) is 0 Å². The first-order valence-electron chi connectivity index (χ1n) is 8.66. The third-order valence-corrected chi connectivity index (χ3v) is 4.21. The van der Waals surface area contributed by atoms with Crippen molar-refractivity contribution in [2.75, 3.05) is 17.2 Å². The number of benzene rings is 3. The van der Waals surface area contributed by atoms with Crippen molar-refractivity contribution >= 4 is 28.9 Å². The number of hydrogen-bond acceptors (Lipinski definition) is 3. The number of amides is 1. The average molecular weight is 381 g/mol. The summed E-state index contributed by atoms with van der Waals surface area (Å²) in [6.45, 7) is 2.69. The predicted molar refractivity (Wildman–Crippen MR) is 111 cm³/mol. The van der Waals surface area contributed by atoms with Gasteiger partial charge in [0.05, 0.1) is 6.54 Å². The summed E-state index contributed by atoms with van der Waals surface area (Å²) < 4.78 is 5.74. The maximum atomic E-state index is 12.1. The molecule has 0 atom stereocenters. The van der Waals surface area contributed by atoms with Crippen LogP contribution in [-0.2, 0) is 11.4 Å². The molecule has 3 aromatic rings. The Bertz CT molecular complexity index is 876. The second-order valence-corrected chi connectivity index (χ2v) is 6.64. The molecule has 3 aromatic carbocycles. The summed E-state index contributed by atoms with van der Waals surface area (Å²) in [5, 5.41) is 6.66. The SMILES string of the molecule is Cc1ccc(NCC(=O)Nc2ccc(OCc3ccc(Cl)cc3)cc2)cc1. The Labute approximate surface area is 164 Å². The Morgan fingerprint density at radius 3 is 2.19 bits per heavy atom. The number of aryl methyl sites for hydroxylation is 1. The van der Waals surface area contributed by atoms with Crippen LogP contribution in [0.4, 0.5) is 11.4 Å². The van der Waals surface area contributed by atoms with Gasteiger partial charge >= 0.3 is 0 Å². The van der Waals surface area contributed by atoms with Crippen molar-refractivity contribution < 1.29 is 9.53 Å². The van der Waals surface area contributed by atoms with Gasteiger partial charge in [-0.25, -0.2) is 0 Å². The van der Waals surface area contributed by atoms with Crippen LogP contribution in [0.15, 0.2) is 72.8 Å². The van der Waals surface area contributed by atoms with Crippen LogP contribution in [0, 0.1) is 6.92 Å². The largest absolute Gasteiger partial charge is 0.489 e. The molecule has 0 bridgehead atoms. The second kappa shape index (κ2) is 9.10. The molecule has 0 aliphatic heterocycles. The molecular formula is C22H21ClN2O2. The van der Waals surface area contributed by atoms with E-state index < -0.39 is 0 Å². The van der Waals surface area contributed by atoms with E-state index in [2.05, 4.69) is 10.6 Å². The van der Waals surface area contributed by atoms with Gasteiger partial charge in [-0.15, -0.1) is 0 Å². The Morgan fingerprint density at radius 2 is 1.52 bits per heavy atom. The van der Waals surface area contributed by atoms with Crippen molar-refractivity contribution in [1.82, 2.24) is 0 Å². The lowest BCUT2D eigenvalue weighted by atomic mass is 10.2. The molecule has 0 radical (unpaired) electrons. The van der Waals surface area contributed by atoms with Crippen molar-refractivity contribution in [3.8, 4) is 5.75 Å². The number of rotatable bonds is 7. The quantitative estimate of drug-likeness (QED) is 0.586. The van der Waals surface area contributed by atoms with Gasteiger partial charge in [-0.2, -0.15) is 0 Å². The molecule has 1 amide bonds. The van der Waals surface area contributed by atoms with E-state index in [4.69, 9.17) is 16.3 Å². The van der Waals surface area contributed by atoms with Gasteiger partial charge in [0.25, 0.3) is 0 Å². The molecule has 0 spiro atoms. The second-order valence-electron chi connectivity index (χ2n) is 6.21. The van der Waals surface area contributed by atoms with Gasteiger partial charge in [-0.1, -0.05) is 41.4 Å². The molecule has 0 heterocycles. The monoisotopic (exact) mass is 380 g/mol. The lowest BCUT2D eigenvalue weighted by Crippen LogP contribution is -2.21. The third-order valence-electron chi connectivity index (χ3n) is 3.96. The van der Waals surface area contributed by atoms with E-state index in [1.807, 2.05) is 79.7 Å². The van der Waals surface area contributed by atoms with E-state index in [0.29, 0.717) is 11.6 Å². The minimum Gasteiger partial charge on any atom is -0.489 e. The number of anilines is 2.